The lowest BCUT2D eigenvalue weighted by Crippen LogP contribution is -2.12. The summed E-state index contributed by atoms with van der Waals surface area (Å²) in [5.41, 5.74) is 1.88. The van der Waals surface area contributed by atoms with Crippen LogP contribution in [0.5, 0.6) is 0 Å². The van der Waals surface area contributed by atoms with Crippen molar-refractivity contribution in [3.63, 3.8) is 0 Å². The van der Waals surface area contributed by atoms with Gasteiger partial charge in [0.2, 0.25) is 0 Å². The molecule has 1 aromatic carbocycles. The molecule has 0 radical (unpaired) electrons. The van der Waals surface area contributed by atoms with Crippen molar-refractivity contribution in [1.82, 2.24) is 0 Å². The van der Waals surface area contributed by atoms with E-state index in [4.69, 9.17) is 0 Å². The Morgan fingerprint density at radius 1 is 1.19 bits per heavy atom. The van der Waals surface area contributed by atoms with Gasteiger partial charge in [0.15, 0.2) is 5.78 Å². The first-order valence-corrected chi connectivity index (χ1v) is 7.13. The van der Waals surface area contributed by atoms with Crippen molar-refractivity contribution in [2.24, 2.45) is 0 Å². The molecule has 0 saturated heterocycles. The average molecular weight is 238 g/mol. The van der Waals surface area contributed by atoms with Crippen LogP contribution in [0.1, 0.15) is 36.2 Å². The lowest BCUT2D eigenvalue weighted by Gasteiger charge is -2.02. The van der Waals surface area contributed by atoms with Gasteiger partial charge in [0.25, 0.3) is 0 Å². The molecule has 0 aliphatic heterocycles. The Balaban J connectivity index is 2.62. The quantitative estimate of drug-likeness (QED) is 0.714. The number of hydrogen-bond donors (Lipinski definition) is 0. The summed E-state index contributed by atoms with van der Waals surface area (Å²) in [6.07, 6.45) is 1.82. The minimum Gasteiger partial charge on any atom is -0.293 e. The van der Waals surface area contributed by atoms with Gasteiger partial charge in [-0.25, -0.2) is 0 Å². The van der Waals surface area contributed by atoms with Crippen LogP contribution in [0, 0.1) is 0 Å². The molecule has 0 aliphatic carbocycles. The van der Waals surface area contributed by atoms with Crippen molar-refractivity contribution in [1.29, 1.82) is 0 Å². The van der Waals surface area contributed by atoms with Crippen LogP contribution >= 0.6 is 0 Å². The van der Waals surface area contributed by atoms with Crippen molar-refractivity contribution >= 4 is 16.6 Å². The predicted octanol–water partition coefficient (Wildman–Crippen LogP) is 2.59. The maximum atomic E-state index is 11.7. The summed E-state index contributed by atoms with van der Waals surface area (Å²) >= 11 is 0. The molecule has 0 saturated carbocycles. The standard InChI is InChI=1S/C13H18O2S/c1-3-9-16(15)10-13(14)12-7-5-11(4-2)6-8-12/h5-8H,3-4,9-10H2,1-2H3. The van der Waals surface area contributed by atoms with Gasteiger partial charge in [0, 0.05) is 22.1 Å². The highest BCUT2D eigenvalue weighted by molar-refractivity contribution is 7.85. The van der Waals surface area contributed by atoms with Crippen LogP contribution in [-0.2, 0) is 17.2 Å². The third-order valence-electron chi connectivity index (χ3n) is 2.41. The highest BCUT2D eigenvalue weighted by Gasteiger charge is 2.09. The molecule has 16 heavy (non-hydrogen) atoms. The number of ketones is 1. The van der Waals surface area contributed by atoms with Gasteiger partial charge in [0.1, 0.15) is 0 Å². The van der Waals surface area contributed by atoms with Gasteiger partial charge in [-0.15, -0.1) is 0 Å². The fourth-order valence-electron chi connectivity index (χ4n) is 1.46. The van der Waals surface area contributed by atoms with E-state index in [-0.39, 0.29) is 11.5 Å². The SMILES string of the molecule is CCCS(=O)CC(=O)c1ccc(CC)cc1. The number of benzene rings is 1. The van der Waals surface area contributed by atoms with E-state index in [0.717, 1.165) is 12.8 Å². The molecule has 0 fully saturated rings. The maximum Gasteiger partial charge on any atom is 0.175 e. The van der Waals surface area contributed by atoms with Crippen LogP contribution in [0.4, 0.5) is 0 Å². The van der Waals surface area contributed by atoms with Crippen LogP contribution in [0.25, 0.3) is 0 Å². The van der Waals surface area contributed by atoms with Gasteiger partial charge in [-0.2, -0.15) is 0 Å². The third-order valence-corrected chi connectivity index (χ3v) is 3.86. The fraction of sp³-hybridized carbons (Fsp3) is 0.462. The molecule has 0 aliphatic rings. The van der Waals surface area contributed by atoms with Gasteiger partial charge < -0.3 is 0 Å². The monoisotopic (exact) mass is 238 g/mol. The molecular weight excluding hydrogens is 220 g/mol. The Labute approximate surface area is 99.5 Å². The summed E-state index contributed by atoms with van der Waals surface area (Å²) in [6, 6.07) is 7.56. The number of carbonyl (C=O) groups excluding carboxylic acids is 1. The molecule has 1 atom stereocenters. The van der Waals surface area contributed by atoms with E-state index in [1.807, 2.05) is 31.2 Å². The predicted molar refractivity (Wildman–Crippen MR) is 68.3 cm³/mol. The fourth-order valence-corrected chi connectivity index (χ4v) is 2.51. The first-order chi connectivity index (χ1) is 7.67. The Morgan fingerprint density at radius 2 is 1.81 bits per heavy atom. The molecule has 1 rings (SSSR count). The van der Waals surface area contributed by atoms with E-state index < -0.39 is 10.8 Å². The van der Waals surface area contributed by atoms with Crippen molar-refractivity contribution in [3.05, 3.63) is 35.4 Å². The van der Waals surface area contributed by atoms with Gasteiger partial charge in [0.05, 0.1) is 5.75 Å². The Kier molecular flexibility index (Phi) is 5.39. The van der Waals surface area contributed by atoms with Crippen LogP contribution < -0.4 is 0 Å². The van der Waals surface area contributed by atoms with E-state index in [9.17, 15) is 9.00 Å². The van der Waals surface area contributed by atoms with Crippen LogP contribution in [0.2, 0.25) is 0 Å². The molecule has 2 nitrogen and oxygen atoms in total. The summed E-state index contributed by atoms with van der Waals surface area (Å²) in [5, 5.41) is 0. The molecule has 0 N–H and O–H groups in total. The summed E-state index contributed by atoms with van der Waals surface area (Å²) < 4.78 is 11.4. The normalized spacial score (nSPS) is 12.4. The molecule has 3 heteroatoms. The molecule has 0 spiro atoms. The number of aryl methyl sites for hydroxylation is 1. The first-order valence-electron chi connectivity index (χ1n) is 5.64. The first kappa shape index (κ1) is 13.1. The summed E-state index contributed by atoms with van der Waals surface area (Å²) in [4.78, 5) is 11.7. The van der Waals surface area contributed by atoms with Crippen molar-refractivity contribution in [2.45, 2.75) is 26.7 Å². The van der Waals surface area contributed by atoms with Crippen LogP contribution in [0.15, 0.2) is 24.3 Å². The second-order valence-corrected chi connectivity index (χ2v) is 5.34. The second kappa shape index (κ2) is 6.59. The lowest BCUT2D eigenvalue weighted by molar-refractivity contribution is 0.102. The van der Waals surface area contributed by atoms with E-state index in [1.54, 1.807) is 0 Å². The Hall–Kier alpha value is -0.960. The summed E-state index contributed by atoms with van der Waals surface area (Å²) in [6.45, 7) is 4.05. The van der Waals surface area contributed by atoms with E-state index in [2.05, 4.69) is 6.92 Å². The lowest BCUT2D eigenvalue weighted by atomic mass is 10.1. The van der Waals surface area contributed by atoms with Crippen molar-refractivity contribution < 1.29 is 9.00 Å². The van der Waals surface area contributed by atoms with Crippen LogP contribution in [0.3, 0.4) is 0 Å². The van der Waals surface area contributed by atoms with Gasteiger partial charge in [-0.05, 0) is 18.4 Å². The zero-order valence-electron chi connectivity index (χ0n) is 9.86. The molecule has 0 heterocycles. The van der Waals surface area contributed by atoms with Crippen molar-refractivity contribution in [2.75, 3.05) is 11.5 Å². The maximum absolute atomic E-state index is 11.7. The van der Waals surface area contributed by atoms with Gasteiger partial charge >= 0.3 is 0 Å². The van der Waals surface area contributed by atoms with Gasteiger partial charge in [-0.3, -0.25) is 9.00 Å². The van der Waals surface area contributed by atoms with Crippen LogP contribution in [-0.4, -0.2) is 21.5 Å². The molecule has 0 bridgehead atoms. The largest absolute Gasteiger partial charge is 0.293 e. The smallest absolute Gasteiger partial charge is 0.175 e. The average Bonchev–Trinajstić information content (AvgIpc) is 2.29. The highest BCUT2D eigenvalue weighted by atomic mass is 32.2. The minimum absolute atomic E-state index is 0.0190. The number of carbonyl (C=O) groups is 1. The molecule has 1 unspecified atom stereocenters. The molecule has 1 aromatic rings. The highest BCUT2D eigenvalue weighted by Crippen LogP contribution is 2.06. The molecular formula is C13H18O2S. The van der Waals surface area contributed by atoms with E-state index in [1.165, 1.54) is 5.56 Å². The van der Waals surface area contributed by atoms with E-state index >= 15 is 0 Å². The summed E-state index contributed by atoms with van der Waals surface area (Å²) in [7, 11) is -1.01. The number of rotatable bonds is 6. The van der Waals surface area contributed by atoms with Crippen molar-refractivity contribution in [3.8, 4) is 0 Å². The summed E-state index contributed by atoms with van der Waals surface area (Å²) in [5.74, 6) is 0.743. The topological polar surface area (TPSA) is 34.1 Å². The number of Topliss-reactive ketones (excluding diaryl/α,β-unsaturated/α-hetero) is 1. The minimum atomic E-state index is -1.01. The molecule has 0 aromatic heterocycles. The van der Waals surface area contributed by atoms with Gasteiger partial charge in [-0.1, -0.05) is 38.1 Å². The number of hydrogen-bond acceptors (Lipinski definition) is 2. The molecule has 0 amide bonds. The zero-order valence-corrected chi connectivity index (χ0v) is 10.7. The molecule has 88 valence electrons. The zero-order chi connectivity index (χ0) is 12.0. The Bertz CT molecular complexity index is 368. The Morgan fingerprint density at radius 3 is 2.31 bits per heavy atom. The third kappa shape index (κ3) is 3.89. The second-order valence-electron chi connectivity index (χ2n) is 3.76. The van der Waals surface area contributed by atoms with E-state index in [0.29, 0.717) is 11.3 Å².